The smallest absolute Gasteiger partial charge is 0.149 e. The Balaban J connectivity index is 1.58. The first kappa shape index (κ1) is 28.9. The minimum Gasteiger partial charge on any atom is -0.507 e. The number of hydrogen-bond donors (Lipinski definition) is 1. The van der Waals surface area contributed by atoms with Crippen LogP contribution < -0.4 is 0 Å². The summed E-state index contributed by atoms with van der Waals surface area (Å²) in [6.45, 7) is 8.35. The minimum atomic E-state index is -3.52. The topological polar surface area (TPSA) is 50.9 Å². The Labute approximate surface area is 347 Å². The molecule has 5 aromatic carbocycles. The predicted molar refractivity (Wildman–Crippen MR) is 237 cm³/mol. The molecule has 286 valence electrons. The van der Waals surface area contributed by atoms with Crippen LogP contribution in [0.15, 0.2) is 121 Å². The van der Waals surface area contributed by atoms with Gasteiger partial charge in [-0.1, -0.05) is 150 Å². The first-order valence-electron chi connectivity index (χ1n) is 23.6. The number of pyridine rings is 1. The number of benzene rings is 5. The van der Waals surface area contributed by atoms with Crippen LogP contribution in [0.3, 0.4) is 0 Å². The van der Waals surface area contributed by atoms with Crippen LogP contribution in [0.25, 0.3) is 61.6 Å². The van der Waals surface area contributed by atoms with Gasteiger partial charge in [0.25, 0.3) is 0 Å². The number of fused-ring (bicyclic) bond motifs is 1. The van der Waals surface area contributed by atoms with Crippen LogP contribution in [0, 0.1) is 0 Å². The monoisotopic (exact) mass is 749 g/mol. The number of hydrogen-bond acceptors (Lipinski definition) is 3. The van der Waals surface area contributed by atoms with E-state index in [-0.39, 0.29) is 16.6 Å². The van der Waals surface area contributed by atoms with Gasteiger partial charge in [-0.3, -0.25) is 9.55 Å². The number of aromatic hydroxyl groups is 1. The summed E-state index contributed by atoms with van der Waals surface area (Å²) >= 11 is 0. The average Bonchev–Trinajstić information content (AvgIpc) is 3.58. The molecular formula is C52H57N3O. The Morgan fingerprint density at radius 1 is 0.536 bits per heavy atom. The molecule has 4 heteroatoms. The fraction of sp³-hybridized carbons (Fsp3) is 0.308. The van der Waals surface area contributed by atoms with Crippen LogP contribution in [0.5, 0.6) is 5.75 Å². The average molecular weight is 749 g/mol. The van der Waals surface area contributed by atoms with Crippen molar-refractivity contribution in [1.82, 2.24) is 14.5 Å². The molecule has 2 heterocycles. The fourth-order valence-electron chi connectivity index (χ4n) is 7.24. The van der Waals surface area contributed by atoms with Crippen LogP contribution in [0.2, 0.25) is 0 Å². The van der Waals surface area contributed by atoms with Crippen molar-refractivity contribution >= 4 is 11.0 Å². The molecule has 0 radical (unpaired) electrons. The van der Waals surface area contributed by atoms with E-state index in [0.717, 1.165) is 33.5 Å². The van der Waals surface area contributed by atoms with E-state index in [9.17, 15) is 5.11 Å². The highest BCUT2D eigenvalue weighted by atomic mass is 16.3. The third kappa shape index (κ3) is 7.54. The molecule has 2 aromatic heterocycles. The van der Waals surface area contributed by atoms with Gasteiger partial charge in [-0.05, 0) is 104 Å². The van der Waals surface area contributed by atoms with E-state index in [2.05, 4.69) is 53.7 Å². The zero-order valence-corrected chi connectivity index (χ0v) is 33.8. The Kier molecular flexibility index (Phi) is 7.17. The third-order valence-corrected chi connectivity index (χ3v) is 10.5. The van der Waals surface area contributed by atoms with E-state index >= 15 is 0 Å². The number of aromatic nitrogens is 3. The summed E-state index contributed by atoms with van der Waals surface area (Å²) < 4.78 is 80.2. The zero-order valence-electron chi connectivity index (χ0n) is 42.8. The lowest BCUT2D eigenvalue weighted by molar-refractivity contribution is 0.446. The molecule has 4 nitrogen and oxygen atoms in total. The van der Waals surface area contributed by atoms with Crippen LogP contribution in [-0.4, -0.2) is 19.6 Å². The molecule has 1 N–H and O–H groups in total. The molecule has 0 amide bonds. The van der Waals surface area contributed by atoms with Gasteiger partial charge >= 0.3 is 0 Å². The Hall–Kier alpha value is -5.48. The molecule has 0 saturated heterocycles. The number of nitrogens with zero attached hydrogens (tertiary/aromatic N) is 3. The van der Waals surface area contributed by atoms with Gasteiger partial charge in [0.05, 0.1) is 22.3 Å². The lowest BCUT2D eigenvalue weighted by Gasteiger charge is -2.27. The lowest BCUT2D eigenvalue weighted by atomic mass is 9.79. The summed E-state index contributed by atoms with van der Waals surface area (Å²) in [6, 6.07) is 35.5. The van der Waals surface area contributed by atoms with Crippen molar-refractivity contribution in [1.29, 1.82) is 0 Å². The van der Waals surface area contributed by atoms with Crippen molar-refractivity contribution in [3.05, 3.63) is 144 Å². The minimum absolute atomic E-state index is 0.0631. The second-order valence-electron chi connectivity index (χ2n) is 18.0. The lowest BCUT2D eigenvalue weighted by Crippen LogP contribution is -2.17. The largest absolute Gasteiger partial charge is 0.507 e. The molecule has 56 heavy (non-hydrogen) atoms. The highest BCUT2D eigenvalue weighted by molar-refractivity contribution is 5.97. The zero-order chi connectivity index (χ0) is 47.9. The maximum Gasteiger partial charge on any atom is 0.149 e. The molecule has 0 aliphatic heterocycles. The molecule has 0 bridgehead atoms. The van der Waals surface area contributed by atoms with Crippen molar-refractivity contribution in [3.8, 4) is 56.3 Å². The molecule has 0 unspecified atom stereocenters. The van der Waals surface area contributed by atoms with Crippen LogP contribution in [-0.2, 0) is 21.7 Å². The maximum atomic E-state index is 12.2. The first-order valence-corrected chi connectivity index (χ1v) is 19.1. The standard InChI is InChI=1S/C52H57N3O/c1-49(2,3)37-23-21-33(22-24-37)34-25-26-53-44(30-34)36-27-35(28-38(29-36)50(4,5)6)41-19-16-20-45-46(41)54-48(55(45)40-17-14-13-15-18-40)42-31-39(51(7,8)9)32-43(47(42)56)52(10,11)12/h13-32,56H,1-12H3/i4D3,5D3,6D3. The number of para-hydroxylation sites is 2. The van der Waals surface area contributed by atoms with E-state index in [0.29, 0.717) is 44.8 Å². The Morgan fingerprint density at radius 3 is 1.84 bits per heavy atom. The molecule has 0 aliphatic rings. The van der Waals surface area contributed by atoms with E-state index in [1.807, 2.05) is 104 Å². The van der Waals surface area contributed by atoms with Gasteiger partial charge in [0, 0.05) is 40.9 Å². The van der Waals surface area contributed by atoms with E-state index in [1.165, 1.54) is 12.1 Å². The number of phenolic OH excluding ortho intramolecular Hbond substituents is 1. The summed E-state index contributed by atoms with van der Waals surface area (Å²) in [4.78, 5) is 10.0. The van der Waals surface area contributed by atoms with Gasteiger partial charge < -0.3 is 5.11 Å². The summed E-state index contributed by atoms with van der Waals surface area (Å²) in [6.07, 6.45) is 1.62. The maximum absolute atomic E-state index is 12.2. The second-order valence-corrected chi connectivity index (χ2v) is 18.0. The molecule has 0 fully saturated rings. The molecule has 0 aliphatic carbocycles. The van der Waals surface area contributed by atoms with Crippen LogP contribution >= 0.6 is 0 Å². The summed E-state index contributed by atoms with van der Waals surface area (Å²) in [5.74, 6) is 0.526. The molecule has 7 aromatic rings. The van der Waals surface area contributed by atoms with E-state index in [1.54, 1.807) is 18.3 Å². The van der Waals surface area contributed by atoms with Crippen LogP contribution in [0.1, 0.15) is 117 Å². The molecule has 0 saturated carbocycles. The van der Waals surface area contributed by atoms with Crippen LogP contribution in [0.4, 0.5) is 0 Å². The van der Waals surface area contributed by atoms with Gasteiger partial charge in [0.1, 0.15) is 11.6 Å². The van der Waals surface area contributed by atoms with Gasteiger partial charge in [-0.25, -0.2) is 4.98 Å². The summed E-state index contributed by atoms with van der Waals surface area (Å²) in [7, 11) is 0. The number of phenols is 1. The summed E-state index contributed by atoms with van der Waals surface area (Å²) in [5.41, 5.74) is 3.97. The highest BCUT2D eigenvalue weighted by Gasteiger charge is 2.29. The van der Waals surface area contributed by atoms with Gasteiger partial charge in [-0.2, -0.15) is 0 Å². The fourth-order valence-corrected chi connectivity index (χ4v) is 7.24. The van der Waals surface area contributed by atoms with Crippen molar-refractivity contribution in [2.75, 3.05) is 0 Å². The van der Waals surface area contributed by atoms with Gasteiger partial charge in [0.15, 0.2) is 0 Å². The molecule has 0 spiro atoms. The van der Waals surface area contributed by atoms with Crippen molar-refractivity contribution in [2.24, 2.45) is 0 Å². The summed E-state index contributed by atoms with van der Waals surface area (Å²) in [5, 5.41) is 12.2. The molecule has 0 atom stereocenters. The quantitative estimate of drug-likeness (QED) is 0.191. The first-order chi connectivity index (χ1) is 29.9. The third-order valence-electron chi connectivity index (χ3n) is 10.5. The second kappa shape index (κ2) is 13.9. The Morgan fingerprint density at radius 2 is 1.20 bits per heavy atom. The predicted octanol–water partition coefficient (Wildman–Crippen LogP) is 14.0. The normalized spacial score (nSPS) is 15.8. The van der Waals surface area contributed by atoms with Crippen molar-refractivity contribution < 1.29 is 17.4 Å². The van der Waals surface area contributed by atoms with Crippen molar-refractivity contribution in [2.45, 2.75) is 105 Å². The SMILES string of the molecule is [2H]C([2H])([2H])C(c1cc(-c2cc(-c3ccc(C(C)(C)C)cc3)ccn2)cc(-c2cccc3c2nc(-c2cc(C(C)(C)C)cc(C(C)(C)C)c2O)n3-c2ccccc2)c1)(C([2H])([2H])[2H])C([2H])([2H])[2H]. The highest BCUT2D eigenvalue weighted by Crippen LogP contribution is 2.45. The van der Waals surface area contributed by atoms with E-state index in [4.69, 9.17) is 22.3 Å². The molecule has 7 rings (SSSR count). The Bertz CT molecular complexity index is 2850. The van der Waals surface area contributed by atoms with E-state index < -0.39 is 36.9 Å². The number of imidazole rings is 1. The number of rotatable bonds is 5. The van der Waals surface area contributed by atoms with Gasteiger partial charge in [0.2, 0.25) is 0 Å². The molecular weight excluding hydrogens is 683 g/mol. The van der Waals surface area contributed by atoms with Crippen molar-refractivity contribution in [3.63, 3.8) is 0 Å². The van der Waals surface area contributed by atoms with Gasteiger partial charge in [-0.15, -0.1) is 0 Å².